The molecule has 0 bridgehead atoms. The van der Waals surface area contributed by atoms with Gasteiger partial charge in [-0.3, -0.25) is 0 Å². The normalized spacial score (nSPS) is 12.2. The Hall–Kier alpha value is -4.62. The van der Waals surface area contributed by atoms with Gasteiger partial charge in [0, 0.05) is 10.9 Å². The van der Waals surface area contributed by atoms with Crippen LogP contribution >= 0.6 is 0 Å². The van der Waals surface area contributed by atoms with E-state index in [2.05, 4.69) is 121 Å². The van der Waals surface area contributed by atoms with Gasteiger partial charge in [-0.1, -0.05) is 97.1 Å². The number of fused-ring (bicyclic) bond motifs is 6. The fraction of sp³-hybridized carbons (Fsp3) is 0. The Morgan fingerprint density at radius 2 is 1.14 bits per heavy atom. The van der Waals surface area contributed by atoms with Crippen LogP contribution in [0.4, 0.5) is 0 Å². The molecule has 0 spiro atoms. The van der Waals surface area contributed by atoms with Crippen LogP contribution in [-0.4, -0.2) is 0 Å². The van der Waals surface area contributed by atoms with Crippen LogP contribution in [0.2, 0.25) is 0 Å². The van der Waals surface area contributed by atoms with Crippen LogP contribution in [0.3, 0.4) is 0 Å². The summed E-state index contributed by atoms with van der Waals surface area (Å²) in [6.45, 7) is 0. The highest BCUT2D eigenvalue weighted by molar-refractivity contribution is 6.22. The Balaban J connectivity index is 1.47. The molecule has 0 aromatic heterocycles. The molecular formula is C34H20O. The van der Waals surface area contributed by atoms with Crippen molar-refractivity contribution in [2.45, 2.75) is 0 Å². The minimum absolute atomic E-state index is 0.912. The highest BCUT2D eigenvalue weighted by atomic mass is 16.5. The van der Waals surface area contributed by atoms with Gasteiger partial charge in [0.1, 0.15) is 11.5 Å². The molecule has 1 heteroatoms. The molecule has 0 saturated carbocycles. The van der Waals surface area contributed by atoms with Crippen molar-refractivity contribution in [2.24, 2.45) is 0 Å². The molecule has 0 unspecified atom stereocenters. The maximum Gasteiger partial charge on any atom is 0.135 e. The summed E-state index contributed by atoms with van der Waals surface area (Å²) in [7, 11) is 0. The standard InChI is InChI=1S/C34H20O/c1-3-11-26-21(7-1)15-16-24-19-23-8-2-4-12-27(23)34(33(24)26)25-17-18-28-29-13-5-9-22-10-6-14-30(32(22)29)35-31(28)20-25/h1-20H. The molecule has 1 nitrogen and oxygen atoms in total. The predicted molar refractivity (Wildman–Crippen MR) is 147 cm³/mol. The van der Waals surface area contributed by atoms with Gasteiger partial charge < -0.3 is 4.74 Å². The summed E-state index contributed by atoms with van der Waals surface area (Å²) in [5.74, 6) is 1.84. The Labute approximate surface area is 202 Å². The van der Waals surface area contributed by atoms with Gasteiger partial charge >= 0.3 is 0 Å². The zero-order chi connectivity index (χ0) is 22.9. The fourth-order valence-electron chi connectivity index (χ4n) is 5.86. The van der Waals surface area contributed by atoms with Crippen LogP contribution in [0.5, 0.6) is 11.5 Å². The van der Waals surface area contributed by atoms with E-state index in [1.807, 2.05) is 0 Å². The minimum Gasteiger partial charge on any atom is -0.456 e. The molecule has 0 atom stereocenters. The summed E-state index contributed by atoms with van der Waals surface area (Å²) in [6.07, 6.45) is 0. The van der Waals surface area contributed by atoms with Gasteiger partial charge in [-0.25, -0.2) is 0 Å². The molecule has 0 N–H and O–H groups in total. The molecule has 7 aromatic rings. The van der Waals surface area contributed by atoms with Crippen molar-refractivity contribution in [3.8, 4) is 33.8 Å². The van der Waals surface area contributed by atoms with Crippen molar-refractivity contribution < 1.29 is 4.74 Å². The van der Waals surface area contributed by atoms with Crippen LogP contribution in [0.15, 0.2) is 121 Å². The van der Waals surface area contributed by atoms with Crippen molar-refractivity contribution in [1.82, 2.24) is 0 Å². The van der Waals surface area contributed by atoms with Crippen LogP contribution < -0.4 is 4.74 Å². The Kier molecular flexibility index (Phi) is 3.72. The average Bonchev–Trinajstić information content (AvgIpc) is 2.91. The molecule has 7 aromatic carbocycles. The van der Waals surface area contributed by atoms with E-state index in [4.69, 9.17) is 4.74 Å². The molecule has 0 aliphatic carbocycles. The average molecular weight is 445 g/mol. The molecule has 35 heavy (non-hydrogen) atoms. The minimum atomic E-state index is 0.912. The van der Waals surface area contributed by atoms with Crippen LogP contribution in [0.1, 0.15) is 0 Å². The molecular weight excluding hydrogens is 424 g/mol. The van der Waals surface area contributed by atoms with Crippen LogP contribution in [-0.2, 0) is 0 Å². The Bertz CT molecular complexity index is 1970. The van der Waals surface area contributed by atoms with Gasteiger partial charge in [0.15, 0.2) is 0 Å². The lowest BCUT2D eigenvalue weighted by Crippen LogP contribution is -1.97. The Morgan fingerprint density at radius 3 is 2.06 bits per heavy atom. The molecule has 0 saturated heterocycles. The molecule has 0 radical (unpaired) electrons. The van der Waals surface area contributed by atoms with Gasteiger partial charge in [-0.15, -0.1) is 0 Å². The van der Waals surface area contributed by atoms with Gasteiger partial charge in [0.05, 0.1) is 0 Å². The number of rotatable bonds is 1. The highest BCUT2D eigenvalue weighted by Crippen LogP contribution is 2.49. The number of hydrogen-bond donors (Lipinski definition) is 0. The lowest BCUT2D eigenvalue weighted by Gasteiger charge is -2.22. The summed E-state index contributed by atoms with van der Waals surface area (Å²) in [5.41, 5.74) is 4.82. The van der Waals surface area contributed by atoms with E-state index in [0.717, 1.165) is 17.1 Å². The van der Waals surface area contributed by atoms with Gasteiger partial charge in [0.2, 0.25) is 0 Å². The molecule has 162 valence electrons. The van der Waals surface area contributed by atoms with E-state index >= 15 is 0 Å². The highest BCUT2D eigenvalue weighted by Gasteiger charge is 2.21. The third-order valence-corrected chi connectivity index (χ3v) is 7.40. The zero-order valence-corrected chi connectivity index (χ0v) is 19.0. The van der Waals surface area contributed by atoms with Crippen molar-refractivity contribution in [3.63, 3.8) is 0 Å². The number of ether oxygens (including phenoxy) is 1. The lowest BCUT2D eigenvalue weighted by molar-refractivity contribution is 0.487. The second kappa shape index (κ2) is 6.94. The van der Waals surface area contributed by atoms with E-state index in [0.29, 0.717) is 0 Å². The fourth-order valence-corrected chi connectivity index (χ4v) is 5.86. The first kappa shape index (κ1) is 18.8. The molecule has 1 heterocycles. The zero-order valence-electron chi connectivity index (χ0n) is 19.0. The van der Waals surface area contributed by atoms with Gasteiger partial charge in [0.25, 0.3) is 0 Å². The summed E-state index contributed by atoms with van der Waals surface area (Å²) in [4.78, 5) is 0. The summed E-state index contributed by atoms with van der Waals surface area (Å²) in [5, 5.41) is 9.99. The van der Waals surface area contributed by atoms with Crippen molar-refractivity contribution in [1.29, 1.82) is 0 Å². The molecule has 0 fully saturated rings. The number of hydrogen-bond acceptors (Lipinski definition) is 1. The molecule has 8 rings (SSSR count). The third kappa shape index (κ3) is 2.64. The SMILES string of the molecule is c1ccc2c(-c3ccc4c(c3)Oc3cccc5cccc-4c35)c3c(ccc4ccccc43)cc2c1. The molecule has 0 amide bonds. The first-order valence-corrected chi connectivity index (χ1v) is 12.0. The predicted octanol–water partition coefficient (Wildman–Crippen LogP) is 9.74. The van der Waals surface area contributed by atoms with E-state index in [1.54, 1.807) is 0 Å². The lowest BCUT2D eigenvalue weighted by atomic mass is 9.87. The van der Waals surface area contributed by atoms with E-state index in [9.17, 15) is 0 Å². The third-order valence-electron chi connectivity index (χ3n) is 7.40. The first-order valence-electron chi connectivity index (χ1n) is 12.0. The monoisotopic (exact) mass is 444 g/mol. The molecule has 1 aliphatic heterocycles. The van der Waals surface area contributed by atoms with Crippen LogP contribution in [0.25, 0.3) is 65.3 Å². The largest absolute Gasteiger partial charge is 0.456 e. The van der Waals surface area contributed by atoms with E-state index < -0.39 is 0 Å². The topological polar surface area (TPSA) is 9.23 Å². The van der Waals surface area contributed by atoms with Gasteiger partial charge in [-0.2, -0.15) is 0 Å². The smallest absolute Gasteiger partial charge is 0.135 e. The Morgan fingerprint density at radius 1 is 0.400 bits per heavy atom. The molecule has 1 aliphatic rings. The second-order valence-corrected chi connectivity index (χ2v) is 9.33. The van der Waals surface area contributed by atoms with Crippen molar-refractivity contribution in [2.75, 3.05) is 0 Å². The second-order valence-electron chi connectivity index (χ2n) is 9.33. The van der Waals surface area contributed by atoms with E-state index in [1.165, 1.54) is 59.8 Å². The van der Waals surface area contributed by atoms with Crippen LogP contribution in [0, 0.1) is 0 Å². The first-order chi connectivity index (χ1) is 17.3. The maximum absolute atomic E-state index is 6.52. The maximum atomic E-state index is 6.52. The van der Waals surface area contributed by atoms with Crippen molar-refractivity contribution in [3.05, 3.63) is 121 Å². The van der Waals surface area contributed by atoms with Gasteiger partial charge in [-0.05, 0) is 78.7 Å². The van der Waals surface area contributed by atoms with E-state index in [-0.39, 0.29) is 0 Å². The summed E-state index contributed by atoms with van der Waals surface area (Å²) in [6, 6.07) is 43.7. The number of benzene rings is 7. The van der Waals surface area contributed by atoms with Crippen molar-refractivity contribution >= 4 is 43.1 Å². The summed E-state index contributed by atoms with van der Waals surface area (Å²) >= 11 is 0. The summed E-state index contributed by atoms with van der Waals surface area (Å²) < 4.78 is 6.52. The quantitative estimate of drug-likeness (QED) is 0.181.